The Bertz CT molecular complexity index is 753. The Labute approximate surface area is 136 Å². The number of carbonyl (C=O) groups excluding carboxylic acids is 3. The number of rotatable bonds is 4. The average Bonchev–Trinajstić information content (AvgIpc) is 2.98. The van der Waals surface area contributed by atoms with Crippen LogP contribution in [0.5, 0.6) is 0 Å². The number of benzene rings is 1. The Morgan fingerprint density at radius 2 is 1.83 bits per heavy atom. The maximum absolute atomic E-state index is 12.0. The van der Waals surface area contributed by atoms with Gasteiger partial charge in [0.15, 0.2) is 9.84 Å². The molecule has 9 heteroatoms. The van der Waals surface area contributed by atoms with E-state index < -0.39 is 27.6 Å². The lowest BCUT2D eigenvalue weighted by molar-refractivity contribution is -0.165. The second kappa shape index (κ2) is 5.97. The summed E-state index contributed by atoms with van der Waals surface area (Å²) in [4.78, 5) is 40.7. The van der Waals surface area contributed by atoms with Gasteiger partial charge in [-0.3, -0.25) is 9.59 Å². The van der Waals surface area contributed by atoms with Gasteiger partial charge in [0, 0.05) is 5.25 Å². The minimum atomic E-state index is -3.01. The molecule has 0 radical (unpaired) electrons. The summed E-state index contributed by atoms with van der Waals surface area (Å²) in [5.41, 5.74) is 0.389. The smallest absolute Gasteiger partial charge is 0.329 e. The number of amides is 2. The van der Waals surface area contributed by atoms with E-state index in [1.54, 1.807) is 12.1 Å². The minimum Gasteiger partial charge on any atom is -0.329 e. The Kier molecular flexibility index (Phi) is 4.15. The molecule has 1 atom stereocenters. The van der Waals surface area contributed by atoms with Gasteiger partial charge in [-0.05, 0) is 18.6 Å². The molecule has 0 N–H and O–H groups in total. The highest BCUT2D eigenvalue weighted by Gasteiger charge is 2.38. The molecule has 1 unspecified atom stereocenters. The first-order valence-electron chi connectivity index (χ1n) is 6.88. The molecule has 0 aliphatic carbocycles. The van der Waals surface area contributed by atoms with E-state index in [1.165, 1.54) is 12.1 Å². The van der Waals surface area contributed by atoms with Crippen molar-refractivity contribution in [2.24, 2.45) is 0 Å². The predicted octanol–water partition coefficient (Wildman–Crippen LogP) is 0.661. The lowest BCUT2D eigenvalue weighted by atomic mass is 10.1. The first-order valence-corrected chi connectivity index (χ1v) is 9.75. The van der Waals surface area contributed by atoms with Crippen molar-refractivity contribution in [2.75, 3.05) is 17.3 Å². The van der Waals surface area contributed by atoms with Crippen molar-refractivity contribution in [1.29, 1.82) is 0 Å². The SMILES string of the molecule is O=C(CSC1CCS(=O)(=O)C1)ON1C(=O)c2ccccc2C1=O. The van der Waals surface area contributed by atoms with Gasteiger partial charge in [0.25, 0.3) is 11.8 Å². The summed E-state index contributed by atoms with van der Waals surface area (Å²) in [5.74, 6) is -2.06. The van der Waals surface area contributed by atoms with Crippen LogP contribution in [0.25, 0.3) is 0 Å². The molecule has 2 amide bonds. The molecular formula is C14H13NO6S2. The number of carbonyl (C=O) groups is 3. The maximum Gasteiger partial charge on any atom is 0.343 e. The predicted molar refractivity (Wildman–Crippen MR) is 82.6 cm³/mol. The summed E-state index contributed by atoms with van der Waals surface area (Å²) in [6, 6.07) is 6.21. The van der Waals surface area contributed by atoms with Gasteiger partial charge in [-0.1, -0.05) is 17.2 Å². The van der Waals surface area contributed by atoms with Crippen LogP contribution in [-0.2, 0) is 19.5 Å². The van der Waals surface area contributed by atoms with Crippen LogP contribution in [0.3, 0.4) is 0 Å². The molecule has 2 aliphatic heterocycles. The molecule has 23 heavy (non-hydrogen) atoms. The van der Waals surface area contributed by atoms with Gasteiger partial charge in [0.2, 0.25) is 0 Å². The number of hydroxylamine groups is 2. The highest BCUT2D eigenvalue weighted by Crippen LogP contribution is 2.26. The van der Waals surface area contributed by atoms with Crippen LogP contribution in [0.1, 0.15) is 27.1 Å². The number of nitrogens with zero attached hydrogens (tertiary/aromatic N) is 1. The fraction of sp³-hybridized carbons (Fsp3) is 0.357. The van der Waals surface area contributed by atoms with Gasteiger partial charge in [0.1, 0.15) is 0 Å². The standard InChI is InChI=1S/C14H13NO6S2/c16-12(7-22-9-5-6-23(19,20)8-9)21-15-13(17)10-3-1-2-4-11(10)14(15)18/h1-4,9H,5-8H2. The molecule has 0 aromatic heterocycles. The van der Waals surface area contributed by atoms with E-state index in [0.717, 1.165) is 11.8 Å². The third-order valence-electron chi connectivity index (χ3n) is 3.58. The van der Waals surface area contributed by atoms with Crippen LogP contribution < -0.4 is 0 Å². The fourth-order valence-corrected chi connectivity index (χ4v) is 5.86. The number of imide groups is 1. The van der Waals surface area contributed by atoms with E-state index in [1.807, 2.05) is 0 Å². The van der Waals surface area contributed by atoms with Crippen LogP contribution in [0.4, 0.5) is 0 Å². The molecule has 2 aliphatic rings. The third-order valence-corrected chi connectivity index (χ3v) is 6.83. The van der Waals surface area contributed by atoms with Crippen LogP contribution in [0.2, 0.25) is 0 Å². The highest BCUT2D eigenvalue weighted by molar-refractivity contribution is 8.02. The highest BCUT2D eigenvalue weighted by atomic mass is 32.2. The summed E-state index contributed by atoms with van der Waals surface area (Å²) >= 11 is 1.16. The van der Waals surface area contributed by atoms with Gasteiger partial charge in [0.05, 0.1) is 28.4 Å². The Balaban J connectivity index is 1.57. The van der Waals surface area contributed by atoms with Crippen molar-refractivity contribution in [1.82, 2.24) is 5.06 Å². The number of fused-ring (bicyclic) bond motifs is 1. The number of hydrogen-bond donors (Lipinski definition) is 0. The zero-order valence-electron chi connectivity index (χ0n) is 11.9. The van der Waals surface area contributed by atoms with E-state index >= 15 is 0 Å². The maximum atomic E-state index is 12.0. The van der Waals surface area contributed by atoms with E-state index in [2.05, 4.69) is 0 Å². The number of sulfone groups is 1. The monoisotopic (exact) mass is 355 g/mol. The van der Waals surface area contributed by atoms with Gasteiger partial charge >= 0.3 is 5.97 Å². The first-order chi connectivity index (χ1) is 10.9. The Morgan fingerprint density at radius 1 is 1.22 bits per heavy atom. The minimum absolute atomic E-state index is 0.0396. The molecule has 1 aromatic rings. The summed E-state index contributed by atoms with van der Waals surface area (Å²) in [7, 11) is -3.01. The molecule has 0 bridgehead atoms. The average molecular weight is 355 g/mol. The van der Waals surface area contributed by atoms with Crippen molar-refractivity contribution in [2.45, 2.75) is 11.7 Å². The van der Waals surface area contributed by atoms with Crippen molar-refractivity contribution >= 4 is 39.4 Å². The molecule has 1 aromatic carbocycles. The summed E-state index contributed by atoms with van der Waals surface area (Å²) in [6.45, 7) is 0. The molecule has 7 nitrogen and oxygen atoms in total. The fourth-order valence-electron chi connectivity index (χ4n) is 2.46. The molecule has 0 saturated carbocycles. The van der Waals surface area contributed by atoms with Gasteiger partial charge in [-0.2, -0.15) is 0 Å². The van der Waals surface area contributed by atoms with Crippen LogP contribution in [0.15, 0.2) is 24.3 Å². The van der Waals surface area contributed by atoms with Gasteiger partial charge in [-0.25, -0.2) is 13.2 Å². The summed E-state index contributed by atoms with van der Waals surface area (Å²) in [6.07, 6.45) is 0.493. The van der Waals surface area contributed by atoms with Crippen molar-refractivity contribution in [3.05, 3.63) is 35.4 Å². The Morgan fingerprint density at radius 3 is 2.35 bits per heavy atom. The third kappa shape index (κ3) is 3.25. The second-order valence-electron chi connectivity index (χ2n) is 5.25. The van der Waals surface area contributed by atoms with Crippen molar-refractivity contribution < 1.29 is 27.6 Å². The Hall–Kier alpha value is -1.87. The van der Waals surface area contributed by atoms with E-state index in [0.29, 0.717) is 11.5 Å². The zero-order valence-corrected chi connectivity index (χ0v) is 13.6. The zero-order chi connectivity index (χ0) is 16.6. The topological polar surface area (TPSA) is 97.8 Å². The molecule has 1 saturated heterocycles. The molecular weight excluding hydrogens is 342 g/mol. The summed E-state index contributed by atoms with van der Waals surface area (Å²) < 4.78 is 22.7. The number of hydrogen-bond acceptors (Lipinski definition) is 7. The molecule has 3 rings (SSSR count). The lowest BCUT2D eigenvalue weighted by Gasteiger charge is -2.13. The van der Waals surface area contributed by atoms with E-state index in [-0.39, 0.29) is 33.6 Å². The quantitative estimate of drug-likeness (QED) is 0.732. The van der Waals surface area contributed by atoms with Gasteiger partial charge in [-0.15, -0.1) is 11.8 Å². The summed E-state index contributed by atoms with van der Waals surface area (Å²) in [5, 5.41) is 0.300. The normalized spacial score (nSPS) is 22.3. The molecule has 0 spiro atoms. The van der Waals surface area contributed by atoms with Crippen LogP contribution in [-0.4, -0.2) is 53.8 Å². The molecule has 122 valence electrons. The van der Waals surface area contributed by atoms with Gasteiger partial charge < -0.3 is 4.84 Å². The number of thioether (sulfide) groups is 1. The van der Waals surface area contributed by atoms with Crippen LogP contribution >= 0.6 is 11.8 Å². The molecule has 2 heterocycles. The first kappa shape index (κ1) is 16.0. The van der Waals surface area contributed by atoms with E-state index in [4.69, 9.17) is 4.84 Å². The lowest BCUT2D eigenvalue weighted by Crippen LogP contribution is -2.33. The van der Waals surface area contributed by atoms with Crippen LogP contribution in [0, 0.1) is 0 Å². The van der Waals surface area contributed by atoms with E-state index in [9.17, 15) is 22.8 Å². The molecule has 1 fully saturated rings. The largest absolute Gasteiger partial charge is 0.343 e. The van der Waals surface area contributed by atoms with Crippen molar-refractivity contribution in [3.63, 3.8) is 0 Å². The second-order valence-corrected chi connectivity index (χ2v) is 8.77. The van der Waals surface area contributed by atoms with Crippen molar-refractivity contribution in [3.8, 4) is 0 Å².